The van der Waals surface area contributed by atoms with E-state index in [0.29, 0.717) is 24.3 Å². The van der Waals surface area contributed by atoms with Crippen molar-refractivity contribution in [1.82, 2.24) is 20.8 Å². The lowest BCUT2D eigenvalue weighted by atomic mass is 10.2. The quantitative estimate of drug-likeness (QED) is 0.429. The molecule has 120 valence electrons. The third kappa shape index (κ3) is 6.01. The molecule has 2 unspecified atom stereocenters. The third-order valence-electron chi connectivity index (χ3n) is 3.35. The van der Waals surface area contributed by atoms with Crippen molar-refractivity contribution in [3.63, 3.8) is 0 Å². The molecule has 1 aliphatic rings. The minimum Gasteiger partial charge on any atom is -0.357 e. The first-order valence-electron chi connectivity index (χ1n) is 7.08. The largest absolute Gasteiger partial charge is 0.357 e. The number of aliphatic imine (C=N–C) groups is 1. The normalized spacial score (nSPS) is 22.0. The number of nitrogens with one attached hydrogen (secondary N) is 2. The van der Waals surface area contributed by atoms with Crippen LogP contribution in [0.5, 0.6) is 0 Å². The smallest absolute Gasteiger partial charge is 0.223 e. The van der Waals surface area contributed by atoms with Crippen LogP contribution in [0.15, 0.2) is 9.52 Å². The van der Waals surface area contributed by atoms with Gasteiger partial charge in [0.15, 0.2) is 11.8 Å². The topological polar surface area (TPSA) is 75.3 Å². The van der Waals surface area contributed by atoms with Crippen LogP contribution in [0, 0.1) is 6.92 Å². The molecule has 1 aromatic rings. The molecule has 0 aromatic carbocycles. The van der Waals surface area contributed by atoms with Crippen LogP contribution in [0.25, 0.3) is 0 Å². The van der Waals surface area contributed by atoms with Crippen LogP contribution in [-0.4, -0.2) is 40.2 Å². The summed E-state index contributed by atoms with van der Waals surface area (Å²) in [7, 11) is 0. The fraction of sp³-hybridized carbons (Fsp3) is 0.769. The Bertz CT molecular complexity index is 454. The highest BCUT2D eigenvalue weighted by Crippen LogP contribution is 2.27. The molecule has 2 atom stereocenters. The predicted molar refractivity (Wildman–Crippen MR) is 97.3 cm³/mol. The van der Waals surface area contributed by atoms with Crippen molar-refractivity contribution >= 4 is 41.7 Å². The number of guanidine groups is 1. The maximum absolute atomic E-state index is 4.94. The van der Waals surface area contributed by atoms with E-state index < -0.39 is 0 Å². The van der Waals surface area contributed by atoms with Gasteiger partial charge in [0.2, 0.25) is 5.89 Å². The number of hydrogen-bond donors (Lipinski definition) is 2. The van der Waals surface area contributed by atoms with Crippen LogP contribution < -0.4 is 10.6 Å². The van der Waals surface area contributed by atoms with E-state index in [1.54, 1.807) is 6.92 Å². The van der Waals surface area contributed by atoms with Gasteiger partial charge in [-0.25, -0.2) is 4.99 Å². The summed E-state index contributed by atoms with van der Waals surface area (Å²) in [6.45, 7) is 5.13. The van der Waals surface area contributed by atoms with Crippen molar-refractivity contribution in [3.8, 4) is 0 Å². The minimum atomic E-state index is 0. The fourth-order valence-corrected chi connectivity index (χ4v) is 3.15. The minimum absolute atomic E-state index is 0. The van der Waals surface area contributed by atoms with E-state index in [9.17, 15) is 0 Å². The molecule has 0 radical (unpaired) electrons. The van der Waals surface area contributed by atoms with Crippen molar-refractivity contribution < 1.29 is 4.52 Å². The van der Waals surface area contributed by atoms with Crippen molar-refractivity contribution in [3.05, 3.63) is 11.7 Å². The molecule has 6 nitrogen and oxygen atoms in total. The highest BCUT2D eigenvalue weighted by atomic mass is 127. The highest BCUT2D eigenvalue weighted by molar-refractivity contribution is 14.0. The second-order valence-electron chi connectivity index (χ2n) is 4.94. The van der Waals surface area contributed by atoms with Crippen LogP contribution in [-0.2, 0) is 6.54 Å². The van der Waals surface area contributed by atoms with Gasteiger partial charge in [-0.1, -0.05) is 5.16 Å². The zero-order valence-corrected chi connectivity index (χ0v) is 15.9. The lowest BCUT2D eigenvalue weighted by Crippen LogP contribution is -2.42. The lowest BCUT2D eigenvalue weighted by molar-refractivity contribution is 0.387. The molecule has 0 aliphatic heterocycles. The Balaban J connectivity index is 0.00000220. The van der Waals surface area contributed by atoms with Crippen LogP contribution >= 0.6 is 35.7 Å². The van der Waals surface area contributed by atoms with Gasteiger partial charge >= 0.3 is 0 Å². The van der Waals surface area contributed by atoms with Crippen LogP contribution in [0.1, 0.15) is 37.9 Å². The van der Waals surface area contributed by atoms with E-state index in [2.05, 4.69) is 38.9 Å². The second kappa shape index (κ2) is 9.50. The average Bonchev–Trinajstić information content (AvgIpc) is 3.05. The third-order valence-corrected chi connectivity index (χ3v) is 4.45. The van der Waals surface area contributed by atoms with Gasteiger partial charge in [0.05, 0.1) is 0 Å². The van der Waals surface area contributed by atoms with E-state index in [4.69, 9.17) is 4.52 Å². The average molecular weight is 425 g/mol. The first kappa shape index (κ1) is 18.5. The molecule has 1 saturated carbocycles. The zero-order valence-electron chi connectivity index (χ0n) is 12.8. The molecule has 0 bridgehead atoms. The van der Waals surface area contributed by atoms with E-state index in [1.807, 2.05) is 11.8 Å². The van der Waals surface area contributed by atoms with E-state index >= 15 is 0 Å². The Morgan fingerprint density at radius 1 is 1.48 bits per heavy atom. The summed E-state index contributed by atoms with van der Waals surface area (Å²) < 4.78 is 4.94. The molecule has 8 heteroatoms. The maximum atomic E-state index is 4.94. The molecule has 21 heavy (non-hydrogen) atoms. The highest BCUT2D eigenvalue weighted by Gasteiger charge is 2.24. The van der Waals surface area contributed by atoms with Gasteiger partial charge in [-0.05, 0) is 32.4 Å². The van der Waals surface area contributed by atoms with Crippen molar-refractivity contribution in [1.29, 1.82) is 0 Å². The summed E-state index contributed by atoms with van der Waals surface area (Å²) in [5, 5.41) is 11.4. The molecule has 2 rings (SSSR count). The lowest BCUT2D eigenvalue weighted by Gasteiger charge is -2.16. The number of rotatable bonds is 5. The number of aryl methyl sites for hydroxylation is 1. The molecule has 1 heterocycles. The van der Waals surface area contributed by atoms with Crippen molar-refractivity contribution in [2.75, 3.05) is 12.8 Å². The molecule has 0 saturated heterocycles. The number of thioether (sulfide) groups is 1. The van der Waals surface area contributed by atoms with Gasteiger partial charge in [0.25, 0.3) is 0 Å². The van der Waals surface area contributed by atoms with E-state index in [-0.39, 0.29) is 24.0 Å². The van der Waals surface area contributed by atoms with Gasteiger partial charge in [-0.3, -0.25) is 0 Å². The number of halogens is 1. The van der Waals surface area contributed by atoms with Crippen LogP contribution in [0.3, 0.4) is 0 Å². The Morgan fingerprint density at radius 2 is 2.29 bits per heavy atom. The summed E-state index contributed by atoms with van der Waals surface area (Å²) >= 11 is 1.96. The van der Waals surface area contributed by atoms with Gasteiger partial charge < -0.3 is 15.2 Å². The van der Waals surface area contributed by atoms with Crippen molar-refractivity contribution in [2.45, 2.75) is 50.9 Å². The molecule has 0 amide bonds. The molecular weight excluding hydrogens is 401 g/mol. The van der Waals surface area contributed by atoms with Crippen LogP contribution in [0.4, 0.5) is 0 Å². The number of nitrogens with zero attached hydrogens (tertiary/aromatic N) is 3. The Kier molecular flexibility index (Phi) is 8.38. The summed E-state index contributed by atoms with van der Waals surface area (Å²) in [4.78, 5) is 8.67. The van der Waals surface area contributed by atoms with E-state index in [1.165, 1.54) is 19.3 Å². The fourth-order valence-electron chi connectivity index (χ4n) is 2.35. The standard InChI is InChI=1S/C13H23N5OS.HI/c1-4-14-13(15-8-12-16-9(2)19-18-12)17-10-5-6-11(7-10)20-3;/h10-11H,4-8H2,1-3H3,(H2,14,15,17);1H. The predicted octanol–water partition coefficient (Wildman–Crippen LogP) is 2.34. The van der Waals surface area contributed by atoms with Gasteiger partial charge in [0, 0.05) is 24.8 Å². The van der Waals surface area contributed by atoms with Gasteiger partial charge in [-0.15, -0.1) is 24.0 Å². The Morgan fingerprint density at radius 3 is 2.86 bits per heavy atom. The Labute approximate surface area is 147 Å². The second-order valence-corrected chi connectivity index (χ2v) is 6.07. The van der Waals surface area contributed by atoms with Gasteiger partial charge in [-0.2, -0.15) is 16.7 Å². The first-order valence-corrected chi connectivity index (χ1v) is 8.37. The Hall–Kier alpha value is -0.510. The molecular formula is C13H24IN5OS. The van der Waals surface area contributed by atoms with Gasteiger partial charge in [0.1, 0.15) is 6.54 Å². The molecule has 0 spiro atoms. The molecule has 2 N–H and O–H groups in total. The molecule has 1 aliphatic carbocycles. The number of aromatic nitrogens is 2. The molecule has 1 aromatic heterocycles. The van der Waals surface area contributed by atoms with E-state index in [0.717, 1.165) is 17.8 Å². The zero-order chi connectivity index (χ0) is 14.4. The summed E-state index contributed by atoms with van der Waals surface area (Å²) in [6.07, 6.45) is 5.87. The first-order chi connectivity index (χ1) is 9.71. The summed E-state index contributed by atoms with van der Waals surface area (Å²) in [6, 6.07) is 0.511. The summed E-state index contributed by atoms with van der Waals surface area (Å²) in [5.74, 6) is 2.03. The SMILES string of the molecule is CCNC(=NCc1noc(C)n1)NC1CCC(SC)C1.I. The summed E-state index contributed by atoms with van der Waals surface area (Å²) in [5.41, 5.74) is 0. The van der Waals surface area contributed by atoms with Crippen LogP contribution in [0.2, 0.25) is 0 Å². The monoisotopic (exact) mass is 425 g/mol. The van der Waals surface area contributed by atoms with Crippen molar-refractivity contribution in [2.24, 2.45) is 4.99 Å². The molecule has 1 fully saturated rings. The maximum Gasteiger partial charge on any atom is 0.223 e. The number of hydrogen-bond acceptors (Lipinski definition) is 5.